The van der Waals surface area contributed by atoms with Crippen molar-refractivity contribution in [2.75, 3.05) is 43.4 Å². The number of fused-ring (bicyclic) bond motifs is 1. The Labute approximate surface area is 206 Å². The van der Waals surface area contributed by atoms with Crippen molar-refractivity contribution in [2.45, 2.75) is 6.92 Å². The predicted molar refractivity (Wildman–Crippen MR) is 137 cm³/mol. The molecular formula is C24H23Cl2N7O. The van der Waals surface area contributed by atoms with E-state index in [1.165, 1.54) is 10.9 Å². The highest BCUT2D eigenvalue weighted by atomic mass is 35.5. The first-order chi connectivity index (χ1) is 16.4. The minimum Gasteiger partial charge on any atom is -0.369 e. The third-order valence-corrected chi connectivity index (χ3v) is 6.53. The molecule has 5 rings (SSSR count). The molecule has 174 valence electrons. The number of nitrogens with one attached hydrogen (secondary N) is 1. The van der Waals surface area contributed by atoms with Crippen LogP contribution in [0.2, 0.25) is 10.0 Å². The van der Waals surface area contributed by atoms with Gasteiger partial charge < -0.3 is 15.1 Å². The summed E-state index contributed by atoms with van der Waals surface area (Å²) in [5.41, 5.74) is 3.00. The van der Waals surface area contributed by atoms with E-state index in [1.807, 2.05) is 12.1 Å². The molecule has 1 aliphatic rings. The fourth-order valence-corrected chi connectivity index (χ4v) is 4.61. The molecule has 0 spiro atoms. The maximum absolute atomic E-state index is 13.2. The van der Waals surface area contributed by atoms with E-state index in [0.717, 1.165) is 37.6 Å². The van der Waals surface area contributed by atoms with Crippen molar-refractivity contribution >= 4 is 51.4 Å². The van der Waals surface area contributed by atoms with E-state index in [4.69, 9.17) is 23.2 Å². The van der Waals surface area contributed by atoms with E-state index in [-0.39, 0.29) is 5.56 Å². The molecule has 2 aromatic carbocycles. The van der Waals surface area contributed by atoms with Gasteiger partial charge in [0.15, 0.2) is 0 Å². The van der Waals surface area contributed by atoms with Gasteiger partial charge in [-0.1, -0.05) is 35.3 Å². The molecule has 0 unspecified atom stereocenters. The Bertz CT molecular complexity index is 1410. The van der Waals surface area contributed by atoms with Crippen LogP contribution in [0.5, 0.6) is 0 Å². The lowest BCUT2D eigenvalue weighted by Gasteiger charge is -2.34. The SMILES string of the molecule is Cc1nn(-c2c(Cl)cccc2Cl)c(=O)c2cnc(Nc3cccc(N4CCN(C)CC4)c3)nc12. The number of aromatic nitrogens is 4. The predicted octanol–water partition coefficient (Wildman–Crippen LogP) is 4.29. The second-order valence-electron chi connectivity index (χ2n) is 8.29. The number of halogens is 2. The van der Waals surface area contributed by atoms with Gasteiger partial charge >= 0.3 is 0 Å². The number of piperazine rings is 1. The summed E-state index contributed by atoms with van der Waals surface area (Å²) in [6.07, 6.45) is 1.51. The van der Waals surface area contributed by atoms with Gasteiger partial charge in [-0.05, 0) is 44.3 Å². The van der Waals surface area contributed by atoms with Crippen molar-refractivity contribution in [1.29, 1.82) is 0 Å². The molecular weight excluding hydrogens is 473 g/mol. The summed E-state index contributed by atoms with van der Waals surface area (Å²) in [7, 11) is 2.14. The molecule has 0 saturated carbocycles. The Balaban J connectivity index is 1.47. The fourth-order valence-electron chi connectivity index (χ4n) is 4.05. The summed E-state index contributed by atoms with van der Waals surface area (Å²) >= 11 is 12.6. The smallest absolute Gasteiger partial charge is 0.282 e. The first-order valence-corrected chi connectivity index (χ1v) is 11.7. The number of benzene rings is 2. The zero-order valence-electron chi connectivity index (χ0n) is 18.8. The van der Waals surface area contributed by atoms with Crippen LogP contribution in [-0.2, 0) is 0 Å². The van der Waals surface area contributed by atoms with Crippen molar-refractivity contribution in [3.8, 4) is 5.69 Å². The molecule has 0 amide bonds. The molecule has 0 bridgehead atoms. The maximum Gasteiger partial charge on any atom is 0.282 e. The molecule has 8 nitrogen and oxygen atoms in total. The van der Waals surface area contributed by atoms with E-state index >= 15 is 0 Å². The molecule has 3 heterocycles. The number of hydrogen-bond donors (Lipinski definition) is 1. The maximum atomic E-state index is 13.2. The van der Waals surface area contributed by atoms with Crippen LogP contribution in [0.15, 0.2) is 53.5 Å². The van der Waals surface area contributed by atoms with Crippen molar-refractivity contribution < 1.29 is 0 Å². The summed E-state index contributed by atoms with van der Waals surface area (Å²) in [6, 6.07) is 13.2. The molecule has 10 heteroatoms. The van der Waals surface area contributed by atoms with Gasteiger partial charge in [0.2, 0.25) is 5.95 Å². The molecule has 0 aliphatic carbocycles. The van der Waals surface area contributed by atoms with Crippen LogP contribution < -0.4 is 15.8 Å². The lowest BCUT2D eigenvalue weighted by molar-refractivity contribution is 0.313. The number of para-hydroxylation sites is 1. The summed E-state index contributed by atoms with van der Waals surface area (Å²) < 4.78 is 1.21. The van der Waals surface area contributed by atoms with Gasteiger partial charge in [-0.3, -0.25) is 4.79 Å². The van der Waals surface area contributed by atoms with E-state index < -0.39 is 0 Å². The topological polar surface area (TPSA) is 79.2 Å². The summed E-state index contributed by atoms with van der Waals surface area (Å²) in [5, 5.41) is 8.69. The average Bonchev–Trinajstić information content (AvgIpc) is 2.83. The van der Waals surface area contributed by atoms with Crippen LogP contribution >= 0.6 is 23.2 Å². The Morgan fingerprint density at radius 3 is 2.44 bits per heavy atom. The van der Waals surface area contributed by atoms with Gasteiger partial charge in [0.1, 0.15) is 11.2 Å². The standard InChI is InChI=1S/C24H23Cl2N7O/c1-15-21-18(23(34)33(30-15)22-19(25)7-4-8-20(22)26)14-27-24(29-21)28-16-5-3-6-17(13-16)32-11-9-31(2)10-12-32/h3-8,13-14H,9-12H2,1-2H3,(H,27,28,29). The molecule has 0 radical (unpaired) electrons. The zero-order chi connectivity index (χ0) is 23.8. The largest absolute Gasteiger partial charge is 0.369 e. The zero-order valence-corrected chi connectivity index (χ0v) is 20.3. The lowest BCUT2D eigenvalue weighted by Crippen LogP contribution is -2.44. The van der Waals surface area contributed by atoms with Gasteiger partial charge in [-0.2, -0.15) is 9.78 Å². The molecule has 1 aliphatic heterocycles. The Hall–Kier alpha value is -3.20. The van der Waals surface area contributed by atoms with E-state index in [2.05, 4.69) is 49.4 Å². The van der Waals surface area contributed by atoms with Crippen LogP contribution in [0, 0.1) is 6.92 Å². The van der Waals surface area contributed by atoms with Crippen molar-refractivity contribution in [2.24, 2.45) is 0 Å². The van der Waals surface area contributed by atoms with Gasteiger partial charge in [0, 0.05) is 43.8 Å². The second-order valence-corrected chi connectivity index (χ2v) is 9.11. The second kappa shape index (κ2) is 9.21. The highest BCUT2D eigenvalue weighted by molar-refractivity contribution is 6.37. The van der Waals surface area contributed by atoms with Crippen molar-refractivity contribution in [3.63, 3.8) is 0 Å². The van der Waals surface area contributed by atoms with Crippen molar-refractivity contribution in [3.05, 3.63) is 74.8 Å². The summed E-state index contributed by atoms with van der Waals surface area (Å²) in [4.78, 5) is 26.8. The third-order valence-electron chi connectivity index (χ3n) is 5.92. The number of hydrogen-bond acceptors (Lipinski definition) is 7. The highest BCUT2D eigenvalue weighted by Gasteiger charge is 2.17. The molecule has 0 atom stereocenters. The van der Waals surface area contributed by atoms with Gasteiger partial charge in [-0.25, -0.2) is 9.97 Å². The normalized spacial score (nSPS) is 14.5. The number of aryl methyl sites for hydroxylation is 1. The van der Waals surface area contributed by atoms with Crippen LogP contribution in [-0.4, -0.2) is 57.9 Å². The minimum absolute atomic E-state index is 0.334. The fraction of sp³-hybridized carbons (Fsp3) is 0.250. The third kappa shape index (κ3) is 4.32. The number of likely N-dealkylation sites (N-methyl/N-ethyl adjacent to an activating group) is 1. The minimum atomic E-state index is -0.390. The Morgan fingerprint density at radius 1 is 1.00 bits per heavy atom. The molecule has 4 aromatic rings. The van der Waals surface area contributed by atoms with E-state index in [0.29, 0.717) is 38.3 Å². The quantitative estimate of drug-likeness (QED) is 0.452. The molecule has 1 saturated heterocycles. The van der Waals surface area contributed by atoms with Crippen LogP contribution in [0.1, 0.15) is 5.69 Å². The van der Waals surface area contributed by atoms with Crippen LogP contribution in [0.3, 0.4) is 0 Å². The Kier molecular flexibility index (Phi) is 6.12. The molecule has 1 fully saturated rings. The van der Waals surface area contributed by atoms with Gasteiger partial charge in [0.25, 0.3) is 5.56 Å². The van der Waals surface area contributed by atoms with E-state index in [9.17, 15) is 4.79 Å². The lowest BCUT2D eigenvalue weighted by atomic mass is 10.2. The van der Waals surface area contributed by atoms with Crippen molar-refractivity contribution in [1.82, 2.24) is 24.6 Å². The first kappa shape index (κ1) is 22.6. The Morgan fingerprint density at radius 2 is 1.71 bits per heavy atom. The first-order valence-electron chi connectivity index (χ1n) is 10.9. The summed E-state index contributed by atoms with van der Waals surface area (Å²) in [5.74, 6) is 0.390. The number of rotatable bonds is 4. The molecule has 2 aromatic heterocycles. The van der Waals surface area contributed by atoms with E-state index in [1.54, 1.807) is 25.1 Å². The van der Waals surface area contributed by atoms with Gasteiger partial charge in [-0.15, -0.1) is 0 Å². The number of anilines is 3. The number of nitrogens with zero attached hydrogens (tertiary/aromatic N) is 6. The van der Waals surface area contributed by atoms with Crippen LogP contribution in [0.4, 0.5) is 17.3 Å². The van der Waals surface area contributed by atoms with Gasteiger partial charge in [0.05, 0.1) is 21.1 Å². The molecule has 1 N–H and O–H groups in total. The summed E-state index contributed by atoms with van der Waals surface area (Å²) in [6.45, 7) is 5.83. The highest BCUT2D eigenvalue weighted by Crippen LogP contribution is 2.28. The average molecular weight is 496 g/mol. The van der Waals surface area contributed by atoms with Crippen LogP contribution in [0.25, 0.3) is 16.6 Å². The molecule has 34 heavy (non-hydrogen) atoms. The monoisotopic (exact) mass is 495 g/mol.